The van der Waals surface area contributed by atoms with Crippen LogP contribution in [0.15, 0.2) is 107 Å². The van der Waals surface area contributed by atoms with E-state index in [1.165, 1.54) is 28.5 Å². The number of anilines is 5. The molecule has 0 saturated heterocycles. The van der Waals surface area contributed by atoms with Gasteiger partial charge in [0.2, 0.25) is 11.8 Å². The Kier molecular flexibility index (Phi) is 8.20. The standard InChI is InChI=1S/C28H26N4O2S2/c1-19(33)32(24-14-6-4-12-22(24)30)25-15-7-9-17-27(25)36-35-26-16-8-5-13-23(26)31-28(34)18-20-10-2-3-11-21(20)29/h2-17H,18,29-30H2,1H3,(H,31,34). The molecule has 0 fully saturated rings. The van der Waals surface area contributed by atoms with Crippen molar-refractivity contribution in [1.29, 1.82) is 0 Å². The molecule has 5 N–H and O–H groups in total. The molecule has 4 rings (SSSR count). The van der Waals surface area contributed by atoms with Gasteiger partial charge in [0.05, 0.1) is 29.2 Å². The number of benzene rings is 4. The Balaban J connectivity index is 1.54. The fourth-order valence-electron chi connectivity index (χ4n) is 3.67. The highest BCUT2D eigenvalue weighted by Gasteiger charge is 2.20. The number of carbonyl (C=O) groups is 2. The van der Waals surface area contributed by atoms with E-state index in [0.29, 0.717) is 22.7 Å². The molecule has 2 amide bonds. The lowest BCUT2D eigenvalue weighted by atomic mass is 10.1. The van der Waals surface area contributed by atoms with Gasteiger partial charge in [-0.1, -0.05) is 76.2 Å². The maximum Gasteiger partial charge on any atom is 0.228 e. The van der Waals surface area contributed by atoms with Gasteiger partial charge in [0.15, 0.2) is 0 Å². The van der Waals surface area contributed by atoms with Crippen LogP contribution in [-0.2, 0) is 16.0 Å². The summed E-state index contributed by atoms with van der Waals surface area (Å²) in [7, 11) is 3.01. The van der Waals surface area contributed by atoms with Crippen LogP contribution in [0.1, 0.15) is 12.5 Å². The second-order valence-electron chi connectivity index (χ2n) is 7.97. The summed E-state index contributed by atoms with van der Waals surface area (Å²) in [5.74, 6) is -0.285. The first-order valence-electron chi connectivity index (χ1n) is 11.2. The second kappa shape index (κ2) is 11.7. The van der Waals surface area contributed by atoms with Crippen LogP contribution in [0.2, 0.25) is 0 Å². The minimum atomic E-state index is -0.145. The number of hydrogen-bond acceptors (Lipinski definition) is 6. The molecule has 0 aliphatic carbocycles. The second-order valence-corrected chi connectivity index (χ2v) is 10.2. The van der Waals surface area contributed by atoms with Gasteiger partial charge in [-0.2, -0.15) is 0 Å². The van der Waals surface area contributed by atoms with E-state index in [1.807, 2.05) is 84.9 Å². The minimum Gasteiger partial charge on any atom is -0.398 e. The number of carbonyl (C=O) groups excluding carboxylic acids is 2. The Morgan fingerprint density at radius 2 is 1.28 bits per heavy atom. The van der Waals surface area contributed by atoms with Crippen molar-refractivity contribution in [3.8, 4) is 0 Å². The third-order valence-electron chi connectivity index (χ3n) is 5.39. The van der Waals surface area contributed by atoms with E-state index in [0.717, 1.165) is 21.0 Å². The van der Waals surface area contributed by atoms with Crippen LogP contribution in [0.25, 0.3) is 0 Å². The lowest BCUT2D eigenvalue weighted by Gasteiger charge is -2.25. The highest BCUT2D eigenvalue weighted by atomic mass is 33.1. The molecular formula is C28H26N4O2S2. The zero-order chi connectivity index (χ0) is 25.5. The summed E-state index contributed by atoms with van der Waals surface area (Å²) in [5.41, 5.74) is 16.2. The van der Waals surface area contributed by atoms with E-state index in [1.54, 1.807) is 17.0 Å². The summed E-state index contributed by atoms with van der Waals surface area (Å²) in [6.45, 7) is 1.52. The molecule has 4 aromatic rings. The van der Waals surface area contributed by atoms with Crippen molar-refractivity contribution in [2.45, 2.75) is 23.1 Å². The smallest absolute Gasteiger partial charge is 0.228 e. The number of nitrogens with two attached hydrogens (primary N) is 2. The monoisotopic (exact) mass is 514 g/mol. The van der Waals surface area contributed by atoms with Crippen molar-refractivity contribution in [3.05, 3.63) is 103 Å². The third kappa shape index (κ3) is 6.02. The summed E-state index contributed by atoms with van der Waals surface area (Å²) < 4.78 is 0. The highest BCUT2D eigenvalue weighted by Crippen LogP contribution is 2.46. The Morgan fingerprint density at radius 1 is 0.722 bits per heavy atom. The number of nitrogen functional groups attached to an aromatic ring is 2. The molecule has 4 aromatic carbocycles. The number of nitrogens with zero attached hydrogens (tertiary/aromatic N) is 1. The van der Waals surface area contributed by atoms with Crippen LogP contribution in [0.4, 0.5) is 28.4 Å². The van der Waals surface area contributed by atoms with Gasteiger partial charge in [-0.05, 0) is 48.0 Å². The Hall–Kier alpha value is -3.88. The lowest BCUT2D eigenvalue weighted by molar-refractivity contribution is -0.116. The van der Waals surface area contributed by atoms with Crippen LogP contribution in [0.5, 0.6) is 0 Å². The zero-order valence-electron chi connectivity index (χ0n) is 19.7. The summed E-state index contributed by atoms with van der Waals surface area (Å²) in [5, 5.41) is 3.00. The topological polar surface area (TPSA) is 101 Å². The van der Waals surface area contributed by atoms with Crippen LogP contribution in [-0.4, -0.2) is 11.8 Å². The van der Waals surface area contributed by atoms with Crippen LogP contribution < -0.4 is 21.7 Å². The fraction of sp³-hybridized carbons (Fsp3) is 0.0714. The van der Waals surface area contributed by atoms with E-state index >= 15 is 0 Å². The number of amides is 2. The van der Waals surface area contributed by atoms with Crippen molar-refractivity contribution in [3.63, 3.8) is 0 Å². The summed E-state index contributed by atoms with van der Waals surface area (Å²) in [4.78, 5) is 28.8. The number of nitrogens with one attached hydrogen (secondary N) is 1. The third-order valence-corrected chi connectivity index (χ3v) is 7.86. The normalized spacial score (nSPS) is 10.6. The van der Waals surface area contributed by atoms with Crippen molar-refractivity contribution in [2.75, 3.05) is 21.7 Å². The first kappa shape index (κ1) is 25.2. The average molecular weight is 515 g/mol. The van der Waals surface area contributed by atoms with Gasteiger partial charge in [0.25, 0.3) is 0 Å². The van der Waals surface area contributed by atoms with E-state index in [9.17, 15) is 9.59 Å². The largest absolute Gasteiger partial charge is 0.398 e. The zero-order valence-corrected chi connectivity index (χ0v) is 21.3. The maximum absolute atomic E-state index is 12.7. The first-order valence-corrected chi connectivity index (χ1v) is 13.4. The molecule has 36 heavy (non-hydrogen) atoms. The van der Waals surface area contributed by atoms with E-state index in [4.69, 9.17) is 11.5 Å². The molecule has 0 aliphatic rings. The van der Waals surface area contributed by atoms with Gasteiger partial charge in [-0.3, -0.25) is 14.5 Å². The summed E-state index contributed by atoms with van der Waals surface area (Å²) in [6, 6.07) is 29.9. The molecule has 6 nitrogen and oxygen atoms in total. The van der Waals surface area contributed by atoms with Crippen LogP contribution >= 0.6 is 21.6 Å². The molecule has 182 valence electrons. The Bertz CT molecular complexity index is 1390. The molecule has 0 aliphatic heterocycles. The van der Waals surface area contributed by atoms with E-state index < -0.39 is 0 Å². The van der Waals surface area contributed by atoms with Crippen molar-refractivity contribution >= 4 is 61.8 Å². The summed E-state index contributed by atoms with van der Waals surface area (Å²) >= 11 is 0. The van der Waals surface area contributed by atoms with Crippen molar-refractivity contribution in [2.24, 2.45) is 0 Å². The van der Waals surface area contributed by atoms with Crippen LogP contribution in [0, 0.1) is 0 Å². The molecule has 0 spiro atoms. The van der Waals surface area contributed by atoms with Gasteiger partial charge >= 0.3 is 0 Å². The van der Waals surface area contributed by atoms with Crippen molar-refractivity contribution < 1.29 is 9.59 Å². The first-order chi connectivity index (χ1) is 17.4. The number of para-hydroxylation sites is 5. The molecular weight excluding hydrogens is 488 g/mol. The minimum absolute atomic E-state index is 0.140. The summed E-state index contributed by atoms with van der Waals surface area (Å²) in [6.07, 6.45) is 0.188. The van der Waals surface area contributed by atoms with E-state index in [-0.39, 0.29) is 18.2 Å². The quantitative estimate of drug-likeness (QED) is 0.183. The lowest BCUT2D eigenvalue weighted by Crippen LogP contribution is -2.24. The Morgan fingerprint density at radius 3 is 1.97 bits per heavy atom. The molecule has 0 radical (unpaired) electrons. The molecule has 0 bridgehead atoms. The molecule has 0 heterocycles. The van der Waals surface area contributed by atoms with E-state index in [2.05, 4.69) is 5.32 Å². The predicted octanol–water partition coefficient (Wildman–Crippen LogP) is 6.52. The van der Waals surface area contributed by atoms with Gasteiger partial charge in [0, 0.05) is 22.4 Å². The Labute approximate surface area is 218 Å². The fourth-order valence-corrected chi connectivity index (χ4v) is 5.97. The highest BCUT2D eigenvalue weighted by molar-refractivity contribution is 8.76. The maximum atomic E-state index is 12.7. The van der Waals surface area contributed by atoms with Gasteiger partial charge in [-0.15, -0.1) is 0 Å². The van der Waals surface area contributed by atoms with Crippen molar-refractivity contribution in [1.82, 2.24) is 0 Å². The molecule has 0 aromatic heterocycles. The van der Waals surface area contributed by atoms with Gasteiger partial charge < -0.3 is 16.8 Å². The van der Waals surface area contributed by atoms with Crippen LogP contribution in [0.3, 0.4) is 0 Å². The SMILES string of the molecule is CC(=O)N(c1ccccc1N)c1ccccc1SSc1ccccc1NC(=O)Cc1ccccc1N. The number of hydrogen-bond donors (Lipinski definition) is 3. The van der Waals surface area contributed by atoms with Gasteiger partial charge in [-0.25, -0.2) is 0 Å². The van der Waals surface area contributed by atoms with Gasteiger partial charge in [0.1, 0.15) is 0 Å². The molecule has 0 unspecified atom stereocenters. The molecule has 0 atom stereocenters. The average Bonchev–Trinajstić information content (AvgIpc) is 2.87. The molecule has 8 heteroatoms. The molecule has 0 saturated carbocycles. The number of rotatable bonds is 8. The predicted molar refractivity (Wildman–Crippen MR) is 151 cm³/mol.